The van der Waals surface area contributed by atoms with E-state index in [2.05, 4.69) is 10.3 Å². The standard InChI is InChI=1S/C18H26N2O6/c1-11(10-25-13-6-4-5-7-13)26-18(23)12(2)20-17(22)15-16(21)14(24-3)8-9-19-15/h8-9,11-13,21H,4-7,10H2,1-3H3,(H,20,22)/t11-,12-/m0/s1. The van der Waals surface area contributed by atoms with E-state index in [1.54, 1.807) is 6.92 Å². The van der Waals surface area contributed by atoms with Crippen LogP contribution in [0.1, 0.15) is 50.0 Å². The first-order chi connectivity index (χ1) is 12.4. The molecule has 8 heteroatoms. The summed E-state index contributed by atoms with van der Waals surface area (Å²) in [5.41, 5.74) is -0.221. The van der Waals surface area contributed by atoms with E-state index < -0.39 is 24.0 Å². The fourth-order valence-corrected chi connectivity index (χ4v) is 2.75. The molecule has 2 N–H and O–H groups in total. The molecule has 1 saturated carbocycles. The molecule has 0 saturated heterocycles. The van der Waals surface area contributed by atoms with Gasteiger partial charge < -0.3 is 24.6 Å². The molecule has 0 aromatic carbocycles. The average molecular weight is 366 g/mol. The number of carbonyl (C=O) groups excluding carboxylic acids is 2. The number of esters is 1. The number of hydrogen-bond acceptors (Lipinski definition) is 7. The number of rotatable bonds is 8. The highest BCUT2D eigenvalue weighted by Crippen LogP contribution is 2.27. The third kappa shape index (κ3) is 5.32. The Kier molecular flexibility index (Phi) is 7.20. The summed E-state index contributed by atoms with van der Waals surface area (Å²) in [7, 11) is 1.37. The summed E-state index contributed by atoms with van der Waals surface area (Å²) in [4.78, 5) is 28.2. The minimum atomic E-state index is -0.899. The van der Waals surface area contributed by atoms with Gasteiger partial charge in [0, 0.05) is 12.3 Å². The SMILES string of the molecule is COc1ccnc(C(=O)N[C@@H](C)C(=O)O[C@@H](C)COC2CCCC2)c1O. The van der Waals surface area contributed by atoms with Crippen LogP contribution in [0, 0.1) is 0 Å². The molecule has 0 bridgehead atoms. The van der Waals surface area contributed by atoms with Crippen LogP contribution in [0.4, 0.5) is 0 Å². The molecule has 144 valence electrons. The van der Waals surface area contributed by atoms with Gasteiger partial charge in [0.05, 0.1) is 19.8 Å². The van der Waals surface area contributed by atoms with Crippen molar-refractivity contribution in [2.24, 2.45) is 0 Å². The van der Waals surface area contributed by atoms with E-state index in [1.807, 2.05) is 0 Å². The molecular formula is C18H26N2O6. The zero-order valence-electron chi connectivity index (χ0n) is 15.4. The molecule has 0 unspecified atom stereocenters. The van der Waals surface area contributed by atoms with Gasteiger partial charge in [-0.15, -0.1) is 0 Å². The second-order valence-corrected chi connectivity index (χ2v) is 6.39. The third-order valence-electron chi connectivity index (χ3n) is 4.21. The topological polar surface area (TPSA) is 107 Å². The Hall–Kier alpha value is -2.35. The van der Waals surface area contributed by atoms with E-state index in [0.717, 1.165) is 12.8 Å². The van der Waals surface area contributed by atoms with Gasteiger partial charge in [-0.05, 0) is 26.7 Å². The number of aromatic nitrogens is 1. The molecule has 1 aromatic heterocycles. The maximum absolute atomic E-state index is 12.2. The number of amides is 1. The summed E-state index contributed by atoms with van der Waals surface area (Å²) in [6.45, 7) is 3.58. The molecular weight excluding hydrogens is 340 g/mol. The zero-order chi connectivity index (χ0) is 19.1. The van der Waals surface area contributed by atoms with Gasteiger partial charge in [0.15, 0.2) is 17.2 Å². The van der Waals surface area contributed by atoms with E-state index in [-0.39, 0.29) is 23.3 Å². The van der Waals surface area contributed by atoms with Crippen molar-refractivity contribution in [3.63, 3.8) is 0 Å². The van der Waals surface area contributed by atoms with E-state index in [4.69, 9.17) is 14.2 Å². The summed E-state index contributed by atoms with van der Waals surface area (Å²) in [5.74, 6) is -1.53. The molecule has 1 heterocycles. The highest BCUT2D eigenvalue weighted by atomic mass is 16.6. The number of nitrogens with one attached hydrogen (secondary N) is 1. The zero-order valence-corrected chi connectivity index (χ0v) is 15.4. The molecule has 26 heavy (non-hydrogen) atoms. The molecule has 1 aromatic rings. The van der Waals surface area contributed by atoms with Crippen molar-refractivity contribution in [2.75, 3.05) is 13.7 Å². The Morgan fingerprint density at radius 3 is 2.69 bits per heavy atom. The second-order valence-electron chi connectivity index (χ2n) is 6.39. The molecule has 1 aliphatic carbocycles. The summed E-state index contributed by atoms with van der Waals surface area (Å²) in [6.07, 6.45) is 5.61. The molecule has 0 radical (unpaired) electrons. The van der Waals surface area contributed by atoms with Crippen LogP contribution in [-0.4, -0.2) is 53.9 Å². The van der Waals surface area contributed by atoms with E-state index in [9.17, 15) is 14.7 Å². The first kappa shape index (κ1) is 20.0. The lowest BCUT2D eigenvalue weighted by Crippen LogP contribution is -2.41. The Labute approximate surface area is 152 Å². The number of ether oxygens (including phenoxy) is 3. The normalized spacial score (nSPS) is 16.7. The molecule has 8 nitrogen and oxygen atoms in total. The predicted octanol–water partition coefficient (Wildman–Crippen LogP) is 1.80. The van der Waals surface area contributed by atoms with E-state index in [1.165, 1.54) is 39.1 Å². The lowest BCUT2D eigenvalue weighted by Gasteiger charge is -2.19. The number of methoxy groups -OCH3 is 1. The molecule has 1 fully saturated rings. The van der Waals surface area contributed by atoms with Gasteiger partial charge in [0.25, 0.3) is 5.91 Å². The average Bonchev–Trinajstić information content (AvgIpc) is 3.13. The summed E-state index contributed by atoms with van der Waals surface area (Å²) in [5, 5.41) is 12.4. The van der Waals surface area contributed by atoms with Crippen LogP contribution < -0.4 is 10.1 Å². The maximum Gasteiger partial charge on any atom is 0.328 e. The van der Waals surface area contributed by atoms with Crippen LogP contribution in [-0.2, 0) is 14.3 Å². The number of aromatic hydroxyl groups is 1. The Bertz CT molecular complexity index is 630. The van der Waals surface area contributed by atoms with Crippen LogP contribution in [0.25, 0.3) is 0 Å². The van der Waals surface area contributed by atoms with Crippen molar-refractivity contribution in [2.45, 2.75) is 57.8 Å². The van der Waals surface area contributed by atoms with Gasteiger partial charge in [-0.1, -0.05) is 12.8 Å². The van der Waals surface area contributed by atoms with Crippen molar-refractivity contribution < 1.29 is 28.9 Å². The first-order valence-corrected chi connectivity index (χ1v) is 8.77. The largest absolute Gasteiger partial charge is 0.503 e. The number of pyridine rings is 1. The van der Waals surface area contributed by atoms with E-state index >= 15 is 0 Å². The fourth-order valence-electron chi connectivity index (χ4n) is 2.75. The van der Waals surface area contributed by atoms with Gasteiger partial charge >= 0.3 is 5.97 Å². The van der Waals surface area contributed by atoms with Crippen LogP contribution in [0.3, 0.4) is 0 Å². The first-order valence-electron chi connectivity index (χ1n) is 8.77. The van der Waals surface area contributed by atoms with Crippen LogP contribution in [0.2, 0.25) is 0 Å². The van der Waals surface area contributed by atoms with Gasteiger partial charge in [-0.25, -0.2) is 9.78 Å². The molecule has 2 atom stereocenters. The van der Waals surface area contributed by atoms with Crippen molar-refractivity contribution >= 4 is 11.9 Å². The van der Waals surface area contributed by atoms with Gasteiger partial charge in [0.2, 0.25) is 0 Å². The smallest absolute Gasteiger partial charge is 0.328 e. The monoisotopic (exact) mass is 366 g/mol. The van der Waals surface area contributed by atoms with Crippen molar-refractivity contribution in [3.8, 4) is 11.5 Å². The highest BCUT2D eigenvalue weighted by molar-refractivity contribution is 5.97. The van der Waals surface area contributed by atoms with Gasteiger partial charge in [-0.3, -0.25) is 4.79 Å². The lowest BCUT2D eigenvalue weighted by molar-refractivity contribution is -0.154. The molecule has 0 spiro atoms. The third-order valence-corrected chi connectivity index (χ3v) is 4.21. The predicted molar refractivity (Wildman–Crippen MR) is 93.1 cm³/mol. The molecule has 0 aliphatic heterocycles. The summed E-state index contributed by atoms with van der Waals surface area (Å²) >= 11 is 0. The maximum atomic E-state index is 12.2. The summed E-state index contributed by atoms with van der Waals surface area (Å²) < 4.78 is 15.9. The Morgan fingerprint density at radius 2 is 2.04 bits per heavy atom. The Balaban J connectivity index is 1.83. The minimum absolute atomic E-state index is 0.123. The Morgan fingerprint density at radius 1 is 1.35 bits per heavy atom. The number of nitrogens with zero attached hydrogens (tertiary/aromatic N) is 1. The fraction of sp³-hybridized carbons (Fsp3) is 0.611. The second kappa shape index (κ2) is 9.38. The lowest BCUT2D eigenvalue weighted by atomic mass is 10.2. The van der Waals surface area contributed by atoms with Crippen LogP contribution >= 0.6 is 0 Å². The highest BCUT2D eigenvalue weighted by Gasteiger charge is 2.24. The quantitative estimate of drug-likeness (QED) is 0.676. The van der Waals surface area contributed by atoms with Crippen LogP contribution in [0.5, 0.6) is 11.5 Å². The van der Waals surface area contributed by atoms with Gasteiger partial charge in [0.1, 0.15) is 12.1 Å². The van der Waals surface area contributed by atoms with E-state index in [0.29, 0.717) is 6.61 Å². The van der Waals surface area contributed by atoms with Crippen LogP contribution in [0.15, 0.2) is 12.3 Å². The number of carbonyl (C=O) groups is 2. The number of hydrogen-bond donors (Lipinski definition) is 2. The molecule has 1 aliphatic rings. The van der Waals surface area contributed by atoms with Crippen molar-refractivity contribution in [1.29, 1.82) is 0 Å². The van der Waals surface area contributed by atoms with Crippen molar-refractivity contribution in [1.82, 2.24) is 10.3 Å². The van der Waals surface area contributed by atoms with Crippen molar-refractivity contribution in [3.05, 3.63) is 18.0 Å². The summed E-state index contributed by atoms with van der Waals surface area (Å²) in [6, 6.07) is 0.527. The van der Waals surface area contributed by atoms with Gasteiger partial charge in [-0.2, -0.15) is 0 Å². The minimum Gasteiger partial charge on any atom is -0.503 e. The molecule has 1 amide bonds. The molecule has 2 rings (SSSR count).